The normalized spacial score (nSPS) is 21.6. The number of benzene rings is 1. The molecule has 0 aromatic heterocycles. The van der Waals surface area contributed by atoms with Crippen molar-refractivity contribution in [3.05, 3.63) is 23.8 Å². The second-order valence-corrected chi connectivity index (χ2v) is 9.62. The molecule has 158 valence electrons. The quantitative estimate of drug-likeness (QED) is 0.750. The number of hydrogen-bond acceptors (Lipinski definition) is 5. The van der Waals surface area contributed by atoms with Gasteiger partial charge in [-0.05, 0) is 37.8 Å². The Kier molecular flexibility index (Phi) is 5.95. The monoisotopic (exact) mass is 418 g/mol. The minimum Gasteiger partial charge on any atom is -0.497 e. The first-order valence-electron chi connectivity index (χ1n) is 10.5. The van der Waals surface area contributed by atoms with Crippen molar-refractivity contribution in [1.82, 2.24) is 9.80 Å². The van der Waals surface area contributed by atoms with Crippen LogP contribution in [0.4, 0.5) is 0 Å². The molecule has 0 radical (unpaired) electrons. The molecule has 6 nitrogen and oxygen atoms in total. The van der Waals surface area contributed by atoms with Gasteiger partial charge in [0.2, 0.25) is 5.91 Å². The Morgan fingerprint density at radius 3 is 2.21 bits per heavy atom. The van der Waals surface area contributed by atoms with Crippen molar-refractivity contribution in [1.29, 1.82) is 0 Å². The van der Waals surface area contributed by atoms with Gasteiger partial charge in [-0.1, -0.05) is 12.8 Å². The molecule has 2 heterocycles. The number of rotatable bonds is 4. The molecular formula is C22H30N2O4S. The summed E-state index contributed by atoms with van der Waals surface area (Å²) in [6.07, 6.45) is 6.11. The van der Waals surface area contributed by atoms with E-state index in [0.29, 0.717) is 36.1 Å². The summed E-state index contributed by atoms with van der Waals surface area (Å²) in [4.78, 5) is 30.1. The molecule has 7 heteroatoms. The van der Waals surface area contributed by atoms with E-state index in [0.717, 1.165) is 38.0 Å². The molecular weight excluding hydrogens is 388 g/mol. The lowest BCUT2D eigenvalue weighted by Gasteiger charge is -2.44. The Bertz CT molecular complexity index is 748. The highest BCUT2D eigenvalue weighted by Crippen LogP contribution is 2.45. The average molecular weight is 419 g/mol. The van der Waals surface area contributed by atoms with Crippen molar-refractivity contribution in [2.45, 2.75) is 43.4 Å². The fraction of sp³-hybridized carbons (Fsp3) is 0.636. The maximum absolute atomic E-state index is 13.1. The van der Waals surface area contributed by atoms with Gasteiger partial charge in [-0.25, -0.2) is 0 Å². The number of nitrogens with zero attached hydrogens (tertiary/aromatic N) is 2. The topological polar surface area (TPSA) is 59.1 Å². The molecule has 2 aliphatic heterocycles. The van der Waals surface area contributed by atoms with Crippen molar-refractivity contribution in [3.8, 4) is 11.5 Å². The number of thioether (sulfide) groups is 1. The Hall–Kier alpha value is -1.89. The van der Waals surface area contributed by atoms with Gasteiger partial charge in [-0.3, -0.25) is 9.59 Å². The van der Waals surface area contributed by atoms with Crippen LogP contribution in [0.2, 0.25) is 0 Å². The Labute approximate surface area is 176 Å². The maximum Gasteiger partial charge on any atom is 0.254 e. The molecule has 4 rings (SSSR count). The van der Waals surface area contributed by atoms with Crippen molar-refractivity contribution in [2.75, 3.05) is 39.6 Å². The van der Waals surface area contributed by atoms with Crippen LogP contribution in [0.3, 0.4) is 0 Å². The van der Waals surface area contributed by atoms with Gasteiger partial charge in [-0.2, -0.15) is 0 Å². The highest BCUT2D eigenvalue weighted by Gasteiger charge is 2.48. The molecule has 1 aromatic rings. The molecule has 2 saturated heterocycles. The van der Waals surface area contributed by atoms with Crippen LogP contribution in [0, 0.1) is 5.92 Å². The molecule has 1 saturated carbocycles. The summed E-state index contributed by atoms with van der Waals surface area (Å²) in [5.41, 5.74) is 0.579. The average Bonchev–Trinajstić information content (AvgIpc) is 3.43. The Morgan fingerprint density at radius 1 is 1.00 bits per heavy atom. The number of carbonyl (C=O) groups is 2. The fourth-order valence-electron chi connectivity index (χ4n) is 4.90. The number of hydrogen-bond donors (Lipinski definition) is 0. The van der Waals surface area contributed by atoms with E-state index in [9.17, 15) is 9.59 Å². The van der Waals surface area contributed by atoms with E-state index in [2.05, 4.69) is 4.90 Å². The smallest absolute Gasteiger partial charge is 0.254 e. The van der Waals surface area contributed by atoms with Crippen LogP contribution in [-0.4, -0.2) is 66.1 Å². The standard InChI is InChI=1S/C22H30N2O4S/c1-27-18-13-17(14-19(15-18)28-2)20(25)23-9-7-22(8-10-23)24(11-12-29-22)21(26)16-5-3-4-6-16/h13-16H,3-12H2,1-2H3. The number of piperidine rings is 1. The molecule has 0 bridgehead atoms. The first-order valence-corrected chi connectivity index (χ1v) is 11.5. The van der Waals surface area contributed by atoms with Crippen molar-refractivity contribution >= 4 is 23.6 Å². The third-order valence-corrected chi connectivity index (χ3v) is 8.13. The highest BCUT2D eigenvalue weighted by atomic mass is 32.2. The van der Waals surface area contributed by atoms with Crippen LogP contribution in [0.15, 0.2) is 18.2 Å². The van der Waals surface area contributed by atoms with Crippen LogP contribution >= 0.6 is 11.8 Å². The molecule has 1 spiro atoms. The van der Waals surface area contributed by atoms with E-state index in [1.54, 1.807) is 32.4 Å². The largest absolute Gasteiger partial charge is 0.497 e. The second kappa shape index (κ2) is 8.46. The molecule has 29 heavy (non-hydrogen) atoms. The highest BCUT2D eigenvalue weighted by molar-refractivity contribution is 8.00. The van der Waals surface area contributed by atoms with Crippen LogP contribution in [-0.2, 0) is 4.79 Å². The second-order valence-electron chi connectivity index (χ2n) is 8.16. The molecule has 2 amide bonds. The molecule has 0 N–H and O–H groups in total. The van der Waals surface area contributed by atoms with Gasteiger partial charge in [0.1, 0.15) is 11.5 Å². The Morgan fingerprint density at radius 2 is 1.62 bits per heavy atom. The van der Waals surface area contributed by atoms with Crippen molar-refractivity contribution < 1.29 is 19.1 Å². The van der Waals surface area contributed by atoms with Gasteiger partial charge in [0.05, 0.1) is 19.1 Å². The zero-order valence-corrected chi connectivity index (χ0v) is 18.1. The Balaban J connectivity index is 1.44. The van der Waals surface area contributed by atoms with Crippen LogP contribution in [0.5, 0.6) is 11.5 Å². The summed E-state index contributed by atoms with van der Waals surface area (Å²) in [6, 6.07) is 5.29. The predicted molar refractivity (Wildman–Crippen MR) is 114 cm³/mol. The number of methoxy groups -OCH3 is 2. The van der Waals surface area contributed by atoms with Crippen LogP contribution in [0.25, 0.3) is 0 Å². The van der Waals surface area contributed by atoms with Gasteiger partial charge < -0.3 is 19.3 Å². The minimum atomic E-state index is -0.122. The van der Waals surface area contributed by atoms with E-state index in [1.165, 1.54) is 12.8 Å². The third-order valence-electron chi connectivity index (χ3n) is 6.58. The molecule has 3 aliphatic rings. The molecule has 3 fully saturated rings. The number of likely N-dealkylation sites (tertiary alicyclic amines) is 1. The third kappa shape index (κ3) is 3.93. The van der Waals surface area contributed by atoms with Crippen LogP contribution in [0.1, 0.15) is 48.9 Å². The predicted octanol–water partition coefficient (Wildman–Crippen LogP) is 3.40. The lowest BCUT2D eigenvalue weighted by molar-refractivity contribution is -0.138. The van der Waals surface area contributed by atoms with Gasteiger partial charge in [0, 0.05) is 42.9 Å². The van der Waals surface area contributed by atoms with E-state index in [4.69, 9.17) is 9.47 Å². The molecule has 1 aliphatic carbocycles. The molecule has 1 aromatic carbocycles. The summed E-state index contributed by atoms with van der Waals surface area (Å²) in [5.74, 6) is 2.79. The lowest BCUT2D eigenvalue weighted by atomic mass is 9.98. The summed E-state index contributed by atoms with van der Waals surface area (Å²) >= 11 is 1.91. The van der Waals surface area contributed by atoms with Crippen LogP contribution < -0.4 is 9.47 Å². The first kappa shape index (κ1) is 20.4. The first-order chi connectivity index (χ1) is 14.1. The van der Waals surface area contributed by atoms with Gasteiger partial charge >= 0.3 is 0 Å². The molecule has 0 atom stereocenters. The number of amides is 2. The number of ether oxygens (including phenoxy) is 2. The minimum absolute atomic E-state index is 0.00582. The van der Waals surface area contributed by atoms with Crippen molar-refractivity contribution in [3.63, 3.8) is 0 Å². The fourth-order valence-corrected chi connectivity index (χ4v) is 6.36. The van der Waals surface area contributed by atoms with Crippen molar-refractivity contribution in [2.24, 2.45) is 5.92 Å². The molecule has 0 unspecified atom stereocenters. The zero-order valence-electron chi connectivity index (χ0n) is 17.3. The summed E-state index contributed by atoms with van der Waals surface area (Å²) in [7, 11) is 3.17. The van der Waals surface area contributed by atoms with Gasteiger partial charge in [0.25, 0.3) is 5.91 Å². The number of carbonyl (C=O) groups excluding carboxylic acids is 2. The van der Waals surface area contributed by atoms with E-state index in [-0.39, 0.29) is 16.7 Å². The summed E-state index contributed by atoms with van der Waals surface area (Å²) in [5, 5.41) is 0. The van der Waals surface area contributed by atoms with E-state index < -0.39 is 0 Å². The zero-order chi connectivity index (χ0) is 20.4. The van der Waals surface area contributed by atoms with E-state index >= 15 is 0 Å². The summed E-state index contributed by atoms with van der Waals surface area (Å²) < 4.78 is 10.6. The maximum atomic E-state index is 13.1. The van der Waals surface area contributed by atoms with Gasteiger partial charge in [0.15, 0.2) is 0 Å². The van der Waals surface area contributed by atoms with E-state index in [1.807, 2.05) is 16.7 Å². The van der Waals surface area contributed by atoms with Gasteiger partial charge in [-0.15, -0.1) is 11.8 Å². The summed E-state index contributed by atoms with van der Waals surface area (Å²) in [6.45, 7) is 2.18. The SMILES string of the molecule is COc1cc(OC)cc(C(=O)N2CCC3(CC2)SCCN3C(=O)C2CCCC2)c1. The lowest BCUT2D eigenvalue weighted by Crippen LogP contribution is -2.54.